The molecule has 0 spiro atoms. The monoisotopic (exact) mass is 390 g/mol. The Morgan fingerprint density at radius 2 is 1.23 bits per heavy atom. The van der Waals surface area contributed by atoms with Crippen LogP contribution in [0.2, 0.25) is 0 Å². The normalized spacial score (nSPS) is 12.0. The van der Waals surface area contributed by atoms with Gasteiger partial charge in [0.2, 0.25) is 0 Å². The summed E-state index contributed by atoms with van der Waals surface area (Å²) in [5.41, 5.74) is 9.44. The highest BCUT2D eigenvalue weighted by atomic mass is 16.3. The molecule has 0 amide bonds. The number of hydrogen-bond donors (Lipinski definition) is 0. The summed E-state index contributed by atoms with van der Waals surface area (Å²) in [5, 5.41) is 2.34. The third kappa shape index (κ3) is 3.02. The van der Waals surface area contributed by atoms with Crippen molar-refractivity contribution in [1.82, 2.24) is 0 Å². The van der Waals surface area contributed by atoms with Gasteiger partial charge in [0, 0.05) is 16.3 Å². The molecule has 0 fully saturated rings. The number of rotatable bonds is 2. The van der Waals surface area contributed by atoms with Gasteiger partial charge in [-0.3, -0.25) is 0 Å². The van der Waals surface area contributed by atoms with Gasteiger partial charge in [0.1, 0.15) is 11.2 Å². The molecule has 0 aliphatic heterocycles. The van der Waals surface area contributed by atoms with Gasteiger partial charge in [-0.1, -0.05) is 105 Å². The predicted octanol–water partition coefficient (Wildman–Crippen LogP) is 8.53. The molecule has 0 radical (unpaired) electrons. The quantitative estimate of drug-likeness (QED) is 0.294. The molecule has 1 heterocycles. The van der Waals surface area contributed by atoms with E-state index in [-0.39, 0.29) is 5.41 Å². The Hall–Kier alpha value is -3.32. The van der Waals surface area contributed by atoms with E-state index in [1.165, 1.54) is 38.6 Å². The highest BCUT2D eigenvalue weighted by Gasteiger charge is 2.25. The van der Waals surface area contributed by atoms with Crippen molar-refractivity contribution >= 4 is 21.9 Å². The fourth-order valence-corrected chi connectivity index (χ4v) is 4.52. The van der Waals surface area contributed by atoms with Crippen molar-refractivity contribution < 1.29 is 4.42 Å². The molecular weight excluding hydrogens is 364 g/mol. The molecule has 0 saturated carbocycles. The van der Waals surface area contributed by atoms with Gasteiger partial charge in [0.25, 0.3) is 0 Å². The number of benzene rings is 4. The second-order valence-electron chi connectivity index (χ2n) is 9.12. The first-order chi connectivity index (χ1) is 14.4. The van der Waals surface area contributed by atoms with Gasteiger partial charge in [0.15, 0.2) is 0 Å². The van der Waals surface area contributed by atoms with Crippen LogP contribution in [0.3, 0.4) is 0 Å². The second-order valence-corrected chi connectivity index (χ2v) is 9.12. The summed E-state index contributed by atoms with van der Waals surface area (Å²) >= 11 is 0. The zero-order valence-electron chi connectivity index (χ0n) is 18.0. The molecule has 1 nitrogen and oxygen atoms in total. The standard InChI is InChI=1S/C29H26O/c1-19-15-17-20(18-16-19)21-10-7-11-23(27(21)29(2,3)4)25-13-8-12-24-22-9-5-6-14-26(22)30-28(24)25/h5-18H,1-4H3. The Kier molecular flexibility index (Phi) is 4.29. The summed E-state index contributed by atoms with van der Waals surface area (Å²) < 4.78 is 6.37. The average Bonchev–Trinajstić information content (AvgIpc) is 3.12. The second kappa shape index (κ2) is 6.88. The zero-order chi connectivity index (χ0) is 20.9. The van der Waals surface area contributed by atoms with Gasteiger partial charge >= 0.3 is 0 Å². The first-order valence-corrected chi connectivity index (χ1v) is 10.5. The molecule has 30 heavy (non-hydrogen) atoms. The molecule has 5 aromatic rings. The van der Waals surface area contributed by atoms with E-state index in [9.17, 15) is 0 Å². The van der Waals surface area contributed by atoms with E-state index in [0.717, 1.165) is 16.7 Å². The van der Waals surface area contributed by atoms with E-state index in [2.05, 4.69) is 100 Å². The summed E-state index contributed by atoms with van der Waals surface area (Å²) in [6, 6.07) is 30.3. The Morgan fingerprint density at radius 3 is 2.00 bits per heavy atom. The van der Waals surface area contributed by atoms with Gasteiger partial charge in [-0.15, -0.1) is 0 Å². The fourth-order valence-electron chi connectivity index (χ4n) is 4.52. The maximum absolute atomic E-state index is 6.37. The molecule has 1 aromatic heterocycles. The lowest BCUT2D eigenvalue weighted by Crippen LogP contribution is -2.14. The van der Waals surface area contributed by atoms with Crippen LogP contribution >= 0.6 is 0 Å². The molecule has 0 bridgehead atoms. The minimum absolute atomic E-state index is 0.0228. The molecule has 0 aliphatic rings. The molecule has 1 heteroatoms. The van der Waals surface area contributed by atoms with Crippen LogP contribution in [0, 0.1) is 6.92 Å². The van der Waals surface area contributed by atoms with Crippen molar-refractivity contribution in [2.75, 3.05) is 0 Å². The van der Waals surface area contributed by atoms with Crippen LogP contribution in [0.1, 0.15) is 31.9 Å². The van der Waals surface area contributed by atoms with Crippen LogP contribution in [0.15, 0.2) is 89.3 Å². The molecule has 5 rings (SSSR count). The minimum Gasteiger partial charge on any atom is -0.455 e. The van der Waals surface area contributed by atoms with Crippen LogP contribution in [-0.4, -0.2) is 0 Å². The number of furan rings is 1. The zero-order valence-corrected chi connectivity index (χ0v) is 18.0. The number of hydrogen-bond acceptors (Lipinski definition) is 1. The summed E-state index contributed by atoms with van der Waals surface area (Å²) in [7, 11) is 0. The van der Waals surface area contributed by atoms with E-state index in [0.29, 0.717) is 0 Å². The molecule has 0 N–H and O–H groups in total. The SMILES string of the molecule is Cc1ccc(-c2cccc(-c3cccc4c3oc3ccccc34)c2C(C)(C)C)cc1. The molecule has 148 valence electrons. The molecule has 0 atom stereocenters. The van der Waals surface area contributed by atoms with Crippen LogP contribution in [0.4, 0.5) is 0 Å². The van der Waals surface area contributed by atoms with Crippen LogP contribution < -0.4 is 0 Å². The van der Waals surface area contributed by atoms with Crippen LogP contribution in [0.25, 0.3) is 44.2 Å². The molecule has 0 aliphatic carbocycles. The highest BCUT2D eigenvalue weighted by molar-refractivity contribution is 6.10. The maximum Gasteiger partial charge on any atom is 0.143 e. The van der Waals surface area contributed by atoms with E-state index in [1.54, 1.807) is 0 Å². The maximum atomic E-state index is 6.37. The largest absolute Gasteiger partial charge is 0.455 e. The summed E-state index contributed by atoms with van der Waals surface area (Å²) in [6.45, 7) is 9.01. The van der Waals surface area contributed by atoms with Gasteiger partial charge in [0.05, 0.1) is 0 Å². The minimum atomic E-state index is -0.0228. The van der Waals surface area contributed by atoms with Gasteiger partial charge in [-0.2, -0.15) is 0 Å². The lowest BCUT2D eigenvalue weighted by molar-refractivity contribution is 0.593. The van der Waals surface area contributed by atoms with Crippen molar-refractivity contribution in [3.8, 4) is 22.3 Å². The summed E-state index contributed by atoms with van der Waals surface area (Å²) in [5.74, 6) is 0. The molecular formula is C29H26O. The van der Waals surface area contributed by atoms with Gasteiger partial charge in [-0.05, 0) is 40.7 Å². The Balaban J connectivity index is 1.84. The lowest BCUT2D eigenvalue weighted by atomic mass is 9.77. The van der Waals surface area contributed by atoms with Crippen LogP contribution in [-0.2, 0) is 5.41 Å². The first-order valence-electron chi connectivity index (χ1n) is 10.5. The van der Waals surface area contributed by atoms with Crippen molar-refractivity contribution in [1.29, 1.82) is 0 Å². The summed E-state index contributed by atoms with van der Waals surface area (Å²) in [4.78, 5) is 0. The van der Waals surface area contributed by atoms with E-state index >= 15 is 0 Å². The fraction of sp³-hybridized carbons (Fsp3) is 0.172. The van der Waals surface area contributed by atoms with Crippen molar-refractivity contribution in [3.05, 3.63) is 96.1 Å². The molecule has 0 saturated heterocycles. The Labute approximate surface area is 178 Å². The third-order valence-electron chi connectivity index (χ3n) is 5.87. The number of para-hydroxylation sites is 2. The van der Waals surface area contributed by atoms with Crippen LogP contribution in [0.5, 0.6) is 0 Å². The number of fused-ring (bicyclic) bond motifs is 3. The summed E-state index contributed by atoms with van der Waals surface area (Å²) in [6.07, 6.45) is 0. The van der Waals surface area contributed by atoms with Crippen molar-refractivity contribution in [2.24, 2.45) is 0 Å². The van der Waals surface area contributed by atoms with E-state index in [4.69, 9.17) is 4.42 Å². The highest BCUT2D eigenvalue weighted by Crippen LogP contribution is 2.43. The first kappa shape index (κ1) is 18.7. The van der Waals surface area contributed by atoms with E-state index in [1.807, 2.05) is 12.1 Å². The van der Waals surface area contributed by atoms with Crippen molar-refractivity contribution in [2.45, 2.75) is 33.1 Å². The third-order valence-corrected chi connectivity index (χ3v) is 5.87. The average molecular weight is 391 g/mol. The molecule has 0 unspecified atom stereocenters. The number of aryl methyl sites for hydroxylation is 1. The topological polar surface area (TPSA) is 13.1 Å². The van der Waals surface area contributed by atoms with Gasteiger partial charge in [-0.25, -0.2) is 0 Å². The molecule has 4 aromatic carbocycles. The van der Waals surface area contributed by atoms with Gasteiger partial charge < -0.3 is 4.42 Å². The van der Waals surface area contributed by atoms with Crippen molar-refractivity contribution in [3.63, 3.8) is 0 Å². The van der Waals surface area contributed by atoms with E-state index < -0.39 is 0 Å². The predicted molar refractivity (Wildman–Crippen MR) is 128 cm³/mol. The Bertz CT molecular complexity index is 1360. The smallest absolute Gasteiger partial charge is 0.143 e. The Morgan fingerprint density at radius 1 is 0.600 bits per heavy atom. The lowest BCUT2D eigenvalue weighted by Gasteiger charge is -2.27.